The number of aliphatic imine (C=N–C) groups is 1. The van der Waals surface area contributed by atoms with Crippen LogP contribution in [0.1, 0.15) is 11.3 Å². The topological polar surface area (TPSA) is 80.9 Å². The highest BCUT2D eigenvalue weighted by Gasteiger charge is 2.29. The zero-order chi connectivity index (χ0) is 23.0. The summed E-state index contributed by atoms with van der Waals surface area (Å²) >= 11 is 0. The van der Waals surface area contributed by atoms with Crippen molar-refractivity contribution in [1.82, 2.24) is 15.6 Å². The first-order valence-electron chi connectivity index (χ1n) is 9.69. The fourth-order valence-corrected chi connectivity index (χ4v) is 2.78. The van der Waals surface area contributed by atoms with Gasteiger partial charge in [-0.1, -0.05) is 24.3 Å². The van der Waals surface area contributed by atoms with E-state index >= 15 is 0 Å². The molecular weight excluding hydrogens is 552 g/mol. The minimum absolute atomic E-state index is 0. The molecule has 0 fully saturated rings. The molecular formula is C22H24F3IN4O3. The molecule has 2 aromatic carbocycles. The van der Waals surface area contributed by atoms with Gasteiger partial charge in [-0.05, 0) is 29.8 Å². The van der Waals surface area contributed by atoms with E-state index in [1.54, 1.807) is 25.4 Å². The minimum atomic E-state index is -4.42. The number of methoxy groups -OCH3 is 1. The monoisotopic (exact) mass is 576 g/mol. The van der Waals surface area contributed by atoms with Crippen molar-refractivity contribution < 1.29 is 27.1 Å². The maximum Gasteiger partial charge on any atom is 0.422 e. The molecule has 0 saturated carbocycles. The lowest BCUT2D eigenvalue weighted by molar-refractivity contribution is -0.153. The second-order valence-corrected chi connectivity index (χ2v) is 6.68. The molecule has 0 aliphatic rings. The number of halogens is 4. The summed E-state index contributed by atoms with van der Waals surface area (Å²) < 4.78 is 52.6. The van der Waals surface area contributed by atoms with Gasteiger partial charge >= 0.3 is 6.18 Å². The van der Waals surface area contributed by atoms with Crippen LogP contribution in [-0.4, -0.2) is 37.9 Å². The van der Waals surface area contributed by atoms with Gasteiger partial charge in [0.25, 0.3) is 0 Å². The number of oxazole rings is 1. The summed E-state index contributed by atoms with van der Waals surface area (Å²) in [6, 6.07) is 14.3. The highest BCUT2D eigenvalue weighted by molar-refractivity contribution is 14.0. The number of hydrogen-bond acceptors (Lipinski definition) is 5. The number of nitrogens with zero attached hydrogens (tertiary/aromatic N) is 2. The quantitative estimate of drug-likeness (QED) is 0.229. The Hall–Kier alpha value is -2.96. The molecule has 33 heavy (non-hydrogen) atoms. The van der Waals surface area contributed by atoms with Gasteiger partial charge in [0, 0.05) is 19.2 Å². The van der Waals surface area contributed by atoms with Crippen LogP contribution in [-0.2, 0) is 13.1 Å². The zero-order valence-electron chi connectivity index (χ0n) is 18.0. The van der Waals surface area contributed by atoms with Gasteiger partial charge in [-0.2, -0.15) is 13.2 Å². The number of ether oxygens (including phenoxy) is 2. The predicted molar refractivity (Wildman–Crippen MR) is 129 cm³/mol. The van der Waals surface area contributed by atoms with Gasteiger partial charge in [-0.25, -0.2) is 4.98 Å². The van der Waals surface area contributed by atoms with Crippen LogP contribution < -0.4 is 20.1 Å². The molecule has 11 heteroatoms. The van der Waals surface area contributed by atoms with Gasteiger partial charge in [0.2, 0.25) is 5.89 Å². The van der Waals surface area contributed by atoms with Crippen LogP contribution in [0, 0.1) is 0 Å². The molecule has 0 saturated heterocycles. The highest BCUT2D eigenvalue weighted by atomic mass is 127. The SMILES string of the molecule is CN=C(NCc1ccc(OCC(F)(F)F)c(OC)c1)NCc1coc(-c2ccccc2)n1.I. The molecule has 0 radical (unpaired) electrons. The average molecular weight is 576 g/mol. The first-order chi connectivity index (χ1) is 15.4. The molecule has 0 amide bonds. The van der Waals surface area contributed by atoms with E-state index in [0.717, 1.165) is 11.1 Å². The number of nitrogens with one attached hydrogen (secondary N) is 2. The smallest absolute Gasteiger partial charge is 0.422 e. The van der Waals surface area contributed by atoms with E-state index in [4.69, 9.17) is 13.9 Å². The molecule has 0 spiro atoms. The largest absolute Gasteiger partial charge is 0.493 e. The van der Waals surface area contributed by atoms with Crippen LogP contribution in [0.15, 0.2) is 64.2 Å². The Morgan fingerprint density at radius 2 is 1.79 bits per heavy atom. The number of guanidine groups is 1. The molecule has 3 aromatic rings. The molecule has 0 atom stereocenters. The van der Waals surface area contributed by atoms with Crippen LogP contribution in [0.25, 0.3) is 11.5 Å². The van der Waals surface area contributed by atoms with E-state index in [1.165, 1.54) is 13.2 Å². The predicted octanol–water partition coefficient (Wildman–Crippen LogP) is 4.77. The summed E-state index contributed by atoms with van der Waals surface area (Å²) in [5, 5.41) is 6.26. The van der Waals surface area contributed by atoms with Gasteiger partial charge in [-0.3, -0.25) is 4.99 Å². The van der Waals surface area contributed by atoms with Crippen molar-refractivity contribution in [3.8, 4) is 23.0 Å². The summed E-state index contributed by atoms with van der Waals surface area (Å²) in [5.74, 6) is 1.29. The first kappa shape index (κ1) is 26.3. The van der Waals surface area contributed by atoms with Crippen molar-refractivity contribution in [1.29, 1.82) is 0 Å². The van der Waals surface area contributed by atoms with Gasteiger partial charge in [0.1, 0.15) is 6.26 Å². The molecule has 3 rings (SSSR count). The number of benzene rings is 2. The number of hydrogen-bond donors (Lipinski definition) is 2. The summed E-state index contributed by atoms with van der Waals surface area (Å²) in [5.41, 5.74) is 2.37. The molecule has 0 aliphatic carbocycles. The van der Waals surface area contributed by atoms with E-state index in [0.29, 0.717) is 30.6 Å². The summed E-state index contributed by atoms with van der Waals surface area (Å²) in [6.45, 7) is -0.626. The fraction of sp³-hybridized carbons (Fsp3) is 0.273. The normalized spacial score (nSPS) is 11.5. The average Bonchev–Trinajstić information content (AvgIpc) is 3.27. The van der Waals surface area contributed by atoms with Crippen LogP contribution in [0.2, 0.25) is 0 Å². The lowest BCUT2D eigenvalue weighted by Crippen LogP contribution is -2.36. The Balaban J connectivity index is 0.00000385. The molecule has 0 aliphatic heterocycles. The first-order valence-corrected chi connectivity index (χ1v) is 9.69. The van der Waals surface area contributed by atoms with E-state index in [9.17, 15) is 13.2 Å². The van der Waals surface area contributed by atoms with Crippen molar-refractivity contribution in [3.05, 3.63) is 66.1 Å². The molecule has 2 N–H and O–H groups in total. The Morgan fingerprint density at radius 1 is 1.06 bits per heavy atom. The van der Waals surface area contributed by atoms with E-state index in [2.05, 4.69) is 20.6 Å². The van der Waals surface area contributed by atoms with Crippen LogP contribution in [0.4, 0.5) is 13.2 Å². The third-order valence-corrected chi connectivity index (χ3v) is 4.31. The molecule has 1 heterocycles. The Kier molecular flexibility index (Phi) is 9.82. The van der Waals surface area contributed by atoms with Gasteiger partial charge in [0.15, 0.2) is 24.1 Å². The molecule has 7 nitrogen and oxygen atoms in total. The van der Waals surface area contributed by atoms with E-state index in [-0.39, 0.29) is 35.5 Å². The van der Waals surface area contributed by atoms with Crippen molar-refractivity contribution in [2.24, 2.45) is 4.99 Å². The van der Waals surface area contributed by atoms with Gasteiger partial charge in [-0.15, -0.1) is 24.0 Å². The third-order valence-electron chi connectivity index (χ3n) is 4.31. The summed E-state index contributed by atoms with van der Waals surface area (Å²) in [7, 11) is 3.00. The summed E-state index contributed by atoms with van der Waals surface area (Å²) in [6.07, 6.45) is -2.84. The summed E-state index contributed by atoms with van der Waals surface area (Å²) in [4.78, 5) is 8.60. The van der Waals surface area contributed by atoms with Crippen molar-refractivity contribution in [2.45, 2.75) is 19.3 Å². The van der Waals surface area contributed by atoms with Crippen molar-refractivity contribution >= 4 is 29.9 Å². The van der Waals surface area contributed by atoms with Crippen molar-refractivity contribution in [3.63, 3.8) is 0 Å². The molecule has 1 aromatic heterocycles. The number of aromatic nitrogens is 1. The fourth-order valence-electron chi connectivity index (χ4n) is 2.78. The molecule has 0 unspecified atom stereocenters. The van der Waals surface area contributed by atoms with E-state index in [1.807, 2.05) is 30.3 Å². The zero-order valence-corrected chi connectivity index (χ0v) is 20.3. The highest BCUT2D eigenvalue weighted by Crippen LogP contribution is 2.29. The van der Waals surface area contributed by atoms with Crippen LogP contribution in [0.5, 0.6) is 11.5 Å². The Morgan fingerprint density at radius 3 is 2.45 bits per heavy atom. The second-order valence-electron chi connectivity index (χ2n) is 6.68. The third kappa shape index (κ3) is 8.15. The van der Waals surface area contributed by atoms with Gasteiger partial charge < -0.3 is 24.5 Å². The maximum atomic E-state index is 12.4. The van der Waals surface area contributed by atoms with Crippen molar-refractivity contribution in [2.75, 3.05) is 20.8 Å². The van der Waals surface area contributed by atoms with Crippen LogP contribution >= 0.6 is 24.0 Å². The van der Waals surface area contributed by atoms with Gasteiger partial charge in [0.05, 0.1) is 19.3 Å². The number of alkyl halides is 3. The Bertz CT molecular complexity index is 1040. The lowest BCUT2D eigenvalue weighted by atomic mass is 10.2. The lowest BCUT2D eigenvalue weighted by Gasteiger charge is -2.15. The minimum Gasteiger partial charge on any atom is -0.493 e. The second kappa shape index (κ2) is 12.3. The standard InChI is InChI=1S/C22H23F3N4O3.HI/c1-26-21(28-12-17-13-31-20(29-17)16-6-4-3-5-7-16)27-11-15-8-9-18(19(10-15)30-2)32-14-22(23,24)25;/h3-10,13H,11-12,14H2,1-2H3,(H2,26,27,28);1H. The molecule has 178 valence electrons. The number of rotatable bonds is 8. The maximum absolute atomic E-state index is 12.4. The Labute approximate surface area is 206 Å². The van der Waals surface area contributed by atoms with E-state index < -0.39 is 12.8 Å². The van der Waals surface area contributed by atoms with Crippen LogP contribution in [0.3, 0.4) is 0 Å². The molecule has 0 bridgehead atoms.